The summed E-state index contributed by atoms with van der Waals surface area (Å²) >= 11 is 0. The van der Waals surface area contributed by atoms with Crippen LogP contribution in [0.15, 0.2) is 48.8 Å². The van der Waals surface area contributed by atoms with Gasteiger partial charge in [-0.25, -0.2) is 0 Å². The molecule has 1 atom stereocenters. The minimum atomic E-state index is 0.0679. The molecule has 4 nitrogen and oxygen atoms in total. The van der Waals surface area contributed by atoms with Crippen molar-refractivity contribution in [1.29, 1.82) is 0 Å². The number of aromatic nitrogens is 1. The highest BCUT2D eigenvalue weighted by Gasteiger charge is 2.24. The number of carbonyl (C=O) groups excluding carboxylic acids is 1. The first kappa shape index (κ1) is 15.8. The molecule has 1 aliphatic rings. The number of aryl methyl sites for hydroxylation is 1. The summed E-state index contributed by atoms with van der Waals surface area (Å²) in [6.45, 7) is 5.71. The average molecular weight is 311 g/mol. The van der Waals surface area contributed by atoms with E-state index < -0.39 is 0 Å². The number of nitrogens with zero attached hydrogens (tertiary/aromatic N) is 3. The van der Waals surface area contributed by atoms with Gasteiger partial charge in [-0.15, -0.1) is 0 Å². The molecule has 2 aromatic rings. The fourth-order valence-corrected chi connectivity index (χ4v) is 3.24. The van der Waals surface area contributed by atoms with Crippen LogP contribution >= 0.6 is 0 Å². The van der Waals surface area contributed by atoms with E-state index in [2.05, 4.69) is 41.6 Å². The van der Waals surface area contributed by atoms with Crippen LogP contribution in [0.5, 0.6) is 0 Å². The van der Waals surface area contributed by atoms with Crippen LogP contribution in [0.4, 0.5) is 0 Å². The van der Waals surface area contributed by atoms with Crippen molar-refractivity contribution < 1.29 is 4.79 Å². The lowest BCUT2D eigenvalue weighted by atomic mass is 9.98. The second-order valence-electron chi connectivity index (χ2n) is 6.39. The molecule has 1 aliphatic heterocycles. The van der Waals surface area contributed by atoms with E-state index in [9.17, 15) is 4.79 Å². The third kappa shape index (κ3) is 3.64. The van der Waals surface area contributed by atoms with E-state index in [1.165, 1.54) is 11.1 Å². The molecule has 1 aromatic carbocycles. The van der Waals surface area contributed by atoms with Gasteiger partial charge in [0.2, 0.25) is 5.91 Å². The van der Waals surface area contributed by atoms with Crippen molar-refractivity contribution in [3.8, 4) is 0 Å². The lowest BCUT2D eigenvalue weighted by Crippen LogP contribution is -2.47. The zero-order valence-corrected chi connectivity index (χ0v) is 14.0. The second kappa shape index (κ2) is 7.01. The van der Waals surface area contributed by atoms with Crippen LogP contribution < -0.4 is 0 Å². The minimum Gasteiger partial charge on any atom is -0.346 e. The van der Waals surface area contributed by atoms with Crippen molar-refractivity contribution in [3.05, 3.63) is 59.9 Å². The van der Waals surface area contributed by atoms with Crippen LogP contribution in [0.2, 0.25) is 0 Å². The number of amides is 1. The molecular formula is C19H25N3O. The third-order valence-electron chi connectivity index (χ3n) is 4.76. The Labute approximate surface area is 138 Å². The quantitative estimate of drug-likeness (QED) is 0.868. The molecule has 0 bridgehead atoms. The van der Waals surface area contributed by atoms with Crippen LogP contribution in [-0.2, 0) is 4.79 Å². The van der Waals surface area contributed by atoms with E-state index in [1.54, 1.807) is 0 Å². The van der Waals surface area contributed by atoms with Crippen LogP contribution in [-0.4, -0.2) is 53.5 Å². The summed E-state index contributed by atoms with van der Waals surface area (Å²) in [6, 6.07) is 12.5. The maximum atomic E-state index is 12.8. The Morgan fingerprint density at radius 2 is 1.70 bits per heavy atom. The fraction of sp³-hybridized carbons (Fsp3) is 0.421. The fourth-order valence-electron chi connectivity index (χ4n) is 3.24. The van der Waals surface area contributed by atoms with Gasteiger partial charge in [0.1, 0.15) is 0 Å². The Kier molecular flexibility index (Phi) is 4.82. The predicted octanol–water partition coefficient (Wildman–Crippen LogP) is 2.55. The maximum absolute atomic E-state index is 12.8. The molecule has 122 valence electrons. The van der Waals surface area contributed by atoms with Gasteiger partial charge in [0.05, 0.1) is 12.5 Å². The number of carbonyl (C=O) groups is 1. The minimum absolute atomic E-state index is 0.0679. The Bertz CT molecular complexity index is 642. The molecule has 0 N–H and O–H groups in total. The van der Waals surface area contributed by atoms with E-state index in [0.717, 1.165) is 26.2 Å². The number of piperazine rings is 1. The molecule has 1 unspecified atom stereocenters. The van der Waals surface area contributed by atoms with E-state index in [4.69, 9.17) is 0 Å². The zero-order chi connectivity index (χ0) is 16.2. The van der Waals surface area contributed by atoms with Crippen LogP contribution in [0.25, 0.3) is 0 Å². The summed E-state index contributed by atoms with van der Waals surface area (Å²) in [5.41, 5.74) is 2.46. The van der Waals surface area contributed by atoms with Gasteiger partial charge in [-0.3, -0.25) is 4.79 Å². The number of rotatable bonds is 4. The highest BCUT2D eigenvalue weighted by molar-refractivity contribution is 5.77. The van der Waals surface area contributed by atoms with Gasteiger partial charge in [0.25, 0.3) is 0 Å². The lowest BCUT2D eigenvalue weighted by Gasteiger charge is -2.33. The SMILES string of the molecule is Cc1ccccc1C(CC(=O)N1CCN(C)CC1)n1cccc1. The summed E-state index contributed by atoms with van der Waals surface area (Å²) in [4.78, 5) is 17.1. The zero-order valence-electron chi connectivity index (χ0n) is 14.0. The van der Waals surface area contributed by atoms with Crippen LogP contribution in [0, 0.1) is 6.92 Å². The Morgan fingerprint density at radius 1 is 1.04 bits per heavy atom. The molecule has 2 heterocycles. The number of hydrogen-bond acceptors (Lipinski definition) is 2. The summed E-state index contributed by atoms with van der Waals surface area (Å²) in [6.07, 6.45) is 4.62. The van der Waals surface area contributed by atoms with Crippen molar-refractivity contribution >= 4 is 5.91 Å². The second-order valence-corrected chi connectivity index (χ2v) is 6.39. The first-order valence-corrected chi connectivity index (χ1v) is 8.29. The molecule has 1 aromatic heterocycles. The molecule has 0 radical (unpaired) electrons. The average Bonchev–Trinajstić information content (AvgIpc) is 3.08. The smallest absolute Gasteiger partial charge is 0.225 e. The molecule has 23 heavy (non-hydrogen) atoms. The van der Waals surface area contributed by atoms with E-state index in [-0.39, 0.29) is 11.9 Å². The summed E-state index contributed by atoms with van der Waals surface area (Å²) in [7, 11) is 2.11. The van der Waals surface area contributed by atoms with Crippen molar-refractivity contribution in [2.24, 2.45) is 0 Å². The van der Waals surface area contributed by atoms with Crippen LogP contribution in [0.1, 0.15) is 23.6 Å². The van der Waals surface area contributed by atoms with Gasteiger partial charge in [-0.05, 0) is 37.2 Å². The van der Waals surface area contributed by atoms with Gasteiger partial charge in [-0.2, -0.15) is 0 Å². The van der Waals surface area contributed by atoms with E-state index >= 15 is 0 Å². The largest absolute Gasteiger partial charge is 0.346 e. The van der Waals surface area contributed by atoms with Crippen LogP contribution in [0.3, 0.4) is 0 Å². The Hall–Kier alpha value is -2.07. The molecule has 0 spiro atoms. The van der Waals surface area contributed by atoms with Gasteiger partial charge in [0.15, 0.2) is 0 Å². The monoisotopic (exact) mass is 311 g/mol. The van der Waals surface area contributed by atoms with Crippen molar-refractivity contribution in [1.82, 2.24) is 14.4 Å². The molecular weight excluding hydrogens is 286 g/mol. The number of likely N-dealkylation sites (N-methyl/N-ethyl adjacent to an activating group) is 1. The molecule has 0 aliphatic carbocycles. The normalized spacial score (nSPS) is 17.2. The lowest BCUT2D eigenvalue weighted by molar-refractivity contribution is -0.133. The van der Waals surface area contributed by atoms with E-state index in [0.29, 0.717) is 6.42 Å². The first-order valence-electron chi connectivity index (χ1n) is 8.29. The third-order valence-corrected chi connectivity index (χ3v) is 4.76. The topological polar surface area (TPSA) is 28.5 Å². The molecule has 1 saturated heterocycles. The Morgan fingerprint density at radius 3 is 2.35 bits per heavy atom. The summed E-state index contributed by atoms with van der Waals surface area (Å²) in [5, 5.41) is 0. The molecule has 1 fully saturated rings. The molecule has 4 heteroatoms. The Balaban J connectivity index is 1.80. The van der Waals surface area contributed by atoms with Gasteiger partial charge in [0, 0.05) is 38.6 Å². The summed E-state index contributed by atoms with van der Waals surface area (Å²) in [5.74, 6) is 0.250. The standard InChI is InChI=1S/C19H25N3O/c1-16-7-3-4-8-17(16)18(21-9-5-6-10-21)15-19(23)22-13-11-20(2)12-14-22/h3-10,18H,11-15H2,1-2H3. The van der Waals surface area contributed by atoms with Gasteiger partial charge in [-0.1, -0.05) is 24.3 Å². The highest BCUT2D eigenvalue weighted by Crippen LogP contribution is 2.26. The molecule has 3 rings (SSSR count). The van der Waals surface area contributed by atoms with Crippen molar-refractivity contribution in [2.75, 3.05) is 33.2 Å². The maximum Gasteiger partial charge on any atom is 0.225 e. The van der Waals surface area contributed by atoms with Gasteiger partial charge >= 0.3 is 0 Å². The first-order chi connectivity index (χ1) is 11.1. The predicted molar refractivity (Wildman–Crippen MR) is 92.4 cm³/mol. The van der Waals surface area contributed by atoms with Crippen molar-refractivity contribution in [2.45, 2.75) is 19.4 Å². The number of benzene rings is 1. The number of hydrogen-bond donors (Lipinski definition) is 0. The van der Waals surface area contributed by atoms with E-state index in [1.807, 2.05) is 35.5 Å². The molecule has 1 amide bonds. The highest BCUT2D eigenvalue weighted by atomic mass is 16.2. The molecule has 0 saturated carbocycles. The summed E-state index contributed by atoms with van der Waals surface area (Å²) < 4.78 is 2.15. The van der Waals surface area contributed by atoms with Gasteiger partial charge < -0.3 is 14.4 Å². The van der Waals surface area contributed by atoms with Crippen molar-refractivity contribution in [3.63, 3.8) is 0 Å².